The highest BCUT2D eigenvalue weighted by Gasteiger charge is 2.69. The van der Waals surface area contributed by atoms with Gasteiger partial charge in [0, 0.05) is 11.6 Å². The topological polar surface area (TPSA) is 0 Å². The van der Waals surface area contributed by atoms with Crippen LogP contribution in [0.4, 0.5) is 5.69 Å². The molecule has 2 nitrogen and oxygen atoms in total. The number of hydrogen-bond donors (Lipinski definition) is 0. The van der Waals surface area contributed by atoms with E-state index in [1.165, 1.54) is 19.5 Å². The first kappa shape index (κ1) is 8.08. The molecule has 2 heteroatoms. The maximum Gasteiger partial charge on any atom is 0.239 e. The van der Waals surface area contributed by atoms with Crippen molar-refractivity contribution in [3.63, 3.8) is 0 Å². The fourth-order valence-electron chi connectivity index (χ4n) is 3.89. The van der Waals surface area contributed by atoms with Gasteiger partial charge in [-0.2, -0.15) is 8.97 Å². The molecule has 4 heterocycles. The van der Waals surface area contributed by atoms with E-state index in [4.69, 9.17) is 0 Å². The summed E-state index contributed by atoms with van der Waals surface area (Å²) in [6.45, 7) is 1.24. The first-order valence-electron chi connectivity index (χ1n) is 5.76. The van der Waals surface area contributed by atoms with Gasteiger partial charge in [0.15, 0.2) is 12.4 Å². The van der Waals surface area contributed by atoms with Crippen LogP contribution >= 0.6 is 0 Å². The third-order valence-electron chi connectivity index (χ3n) is 4.54. The number of rotatable bonds is 0. The zero-order valence-electron chi connectivity index (χ0n) is 9.06. The second-order valence-electron chi connectivity index (χ2n) is 5.36. The Labute approximate surface area is 90.2 Å². The molecule has 0 N–H and O–H groups in total. The summed E-state index contributed by atoms with van der Waals surface area (Å²) >= 11 is 0. The summed E-state index contributed by atoms with van der Waals surface area (Å²) in [5, 5.41) is 0. The minimum Gasteiger partial charge on any atom is -0.199 e. The number of benzene rings is 1. The highest BCUT2D eigenvalue weighted by atomic mass is 15.7. The van der Waals surface area contributed by atoms with Gasteiger partial charge in [-0.15, -0.1) is 0 Å². The smallest absolute Gasteiger partial charge is 0.199 e. The summed E-state index contributed by atoms with van der Waals surface area (Å²) in [6.07, 6.45) is 8.19. The van der Waals surface area contributed by atoms with E-state index in [2.05, 4.69) is 43.7 Å². The van der Waals surface area contributed by atoms with Crippen molar-refractivity contribution >= 4 is 5.69 Å². The van der Waals surface area contributed by atoms with Crippen molar-refractivity contribution in [2.45, 2.75) is 19.0 Å². The molecule has 0 aliphatic carbocycles. The predicted molar refractivity (Wildman–Crippen MR) is 60.5 cm³/mol. The van der Waals surface area contributed by atoms with Gasteiger partial charge in [-0.3, -0.25) is 0 Å². The molecule has 0 amide bonds. The van der Waals surface area contributed by atoms with Crippen LogP contribution in [0.5, 0.6) is 0 Å². The molecule has 4 aliphatic rings. The fraction of sp³-hybridized carbons (Fsp3) is 0.385. The average Bonchev–Trinajstić information content (AvgIpc) is 2.72. The van der Waals surface area contributed by atoms with Crippen molar-refractivity contribution in [3.8, 4) is 0 Å². The molecule has 1 aromatic rings. The first-order chi connectivity index (χ1) is 7.25. The SMILES string of the molecule is C[N+]12C=C[N+]3(C1)c1ccccc1CCC23. The highest BCUT2D eigenvalue weighted by molar-refractivity contribution is 5.56. The van der Waals surface area contributed by atoms with Crippen LogP contribution in [0.15, 0.2) is 36.7 Å². The molecule has 1 fully saturated rings. The lowest BCUT2D eigenvalue weighted by molar-refractivity contribution is -0.945. The number of fused-ring (bicyclic) bond motifs is 1. The second kappa shape index (κ2) is 2.18. The Balaban J connectivity index is 1.95. The van der Waals surface area contributed by atoms with E-state index in [0.717, 1.165) is 15.1 Å². The van der Waals surface area contributed by atoms with Gasteiger partial charge < -0.3 is 0 Å². The zero-order chi connectivity index (χ0) is 10.1. The average molecular weight is 200 g/mol. The van der Waals surface area contributed by atoms with Gasteiger partial charge in [-0.1, -0.05) is 18.2 Å². The molecule has 1 aromatic carbocycles. The van der Waals surface area contributed by atoms with Crippen LogP contribution < -0.4 is 4.48 Å². The van der Waals surface area contributed by atoms with Crippen molar-refractivity contribution in [1.29, 1.82) is 0 Å². The highest BCUT2D eigenvalue weighted by Crippen LogP contribution is 2.52. The van der Waals surface area contributed by atoms with Crippen molar-refractivity contribution in [2.24, 2.45) is 0 Å². The lowest BCUT2D eigenvalue weighted by Crippen LogP contribution is -2.78. The van der Waals surface area contributed by atoms with Crippen molar-refractivity contribution in [3.05, 3.63) is 42.2 Å². The van der Waals surface area contributed by atoms with Gasteiger partial charge in [-0.05, 0) is 6.42 Å². The summed E-state index contributed by atoms with van der Waals surface area (Å²) in [5.74, 6) is 0. The number of nitrogens with zero attached hydrogens (tertiary/aromatic N) is 2. The molecule has 1 saturated heterocycles. The summed E-state index contributed by atoms with van der Waals surface area (Å²) in [4.78, 5) is 0. The third kappa shape index (κ3) is 0.724. The van der Waals surface area contributed by atoms with Crippen LogP contribution in [0.25, 0.3) is 0 Å². The Bertz CT molecular complexity index is 479. The minimum absolute atomic E-state index is 0.778. The number of hydrogen-bond acceptors (Lipinski definition) is 0. The van der Waals surface area contributed by atoms with E-state index in [9.17, 15) is 0 Å². The molecule has 76 valence electrons. The maximum atomic E-state index is 2.42. The molecule has 5 rings (SSSR count). The summed E-state index contributed by atoms with van der Waals surface area (Å²) in [5.41, 5.74) is 3.12. The molecule has 1 spiro atoms. The van der Waals surface area contributed by atoms with Gasteiger partial charge in [0.25, 0.3) is 0 Å². The van der Waals surface area contributed by atoms with Gasteiger partial charge in [0.1, 0.15) is 5.69 Å². The maximum absolute atomic E-state index is 2.42. The predicted octanol–water partition coefficient (Wildman–Crippen LogP) is 2.17. The fourth-order valence-corrected chi connectivity index (χ4v) is 3.89. The van der Waals surface area contributed by atoms with Crippen molar-refractivity contribution in [1.82, 2.24) is 4.48 Å². The first-order valence-corrected chi connectivity index (χ1v) is 5.76. The zero-order valence-corrected chi connectivity index (χ0v) is 9.06. The monoisotopic (exact) mass is 200 g/mol. The van der Waals surface area contributed by atoms with Crippen molar-refractivity contribution < 1.29 is 4.48 Å². The van der Waals surface area contributed by atoms with E-state index in [1.54, 1.807) is 11.3 Å². The van der Waals surface area contributed by atoms with Crippen molar-refractivity contribution in [2.75, 3.05) is 13.7 Å². The number of para-hydroxylation sites is 1. The van der Waals surface area contributed by atoms with Crippen LogP contribution in [0.3, 0.4) is 0 Å². The second-order valence-corrected chi connectivity index (χ2v) is 5.36. The van der Waals surface area contributed by atoms with Gasteiger partial charge in [0.2, 0.25) is 12.8 Å². The quantitative estimate of drug-likeness (QED) is 0.563. The summed E-state index contributed by atoms with van der Waals surface area (Å²) in [6, 6.07) is 8.97. The number of quaternary nitrogens is 2. The van der Waals surface area contributed by atoms with Crippen LogP contribution in [-0.2, 0) is 6.42 Å². The molecule has 2 bridgehead atoms. The minimum atomic E-state index is 0.778. The Morgan fingerprint density at radius 2 is 2.07 bits per heavy atom. The molecule has 0 radical (unpaired) electrons. The largest absolute Gasteiger partial charge is 0.239 e. The Morgan fingerprint density at radius 3 is 2.93 bits per heavy atom. The van der Waals surface area contributed by atoms with E-state index in [-0.39, 0.29) is 0 Å². The van der Waals surface area contributed by atoms with Crippen LogP contribution in [0.1, 0.15) is 12.0 Å². The van der Waals surface area contributed by atoms with Crippen LogP contribution in [-0.4, -0.2) is 24.4 Å². The Hall–Kier alpha value is -1.12. The molecule has 0 saturated carbocycles. The van der Waals surface area contributed by atoms with Gasteiger partial charge in [0.05, 0.1) is 13.5 Å². The van der Waals surface area contributed by atoms with E-state index >= 15 is 0 Å². The third-order valence-corrected chi connectivity index (χ3v) is 4.54. The van der Waals surface area contributed by atoms with E-state index in [0.29, 0.717) is 0 Å². The van der Waals surface area contributed by atoms with Gasteiger partial charge >= 0.3 is 0 Å². The van der Waals surface area contributed by atoms with E-state index in [1.807, 2.05) is 0 Å². The van der Waals surface area contributed by atoms with Crippen LogP contribution in [0, 0.1) is 0 Å². The summed E-state index contributed by atoms with van der Waals surface area (Å²) < 4.78 is 2.29. The lowest BCUT2D eigenvalue weighted by Gasteiger charge is -2.54. The normalized spacial score (nSPS) is 44.5. The van der Waals surface area contributed by atoms with Gasteiger partial charge in [-0.25, -0.2) is 0 Å². The lowest BCUT2D eigenvalue weighted by atomic mass is 9.93. The molecular weight excluding hydrogens is 184 g/mol. The van der Waals surface area contributed by atoms with E-state index < -0.39 is 0 Å². The molecular formula is C13H16N2+2. The standard InChI is InChI=1S/C13H16N2/c1-14-8-9-15(10-14)12-5-3-2-4-11(12)6-7-13(14)15/h2-5,8-9,13H,6-7,10H2,1H3/q+2. The Morgan fingerprint density at radius 1 is 1.20 bits per heavy atom. The molecule has 3 atom stereocenters. The molecule has 0 aromatic heterocycles. The molecule has 4 aliphatic heterocycles. The molecule has 3 unspecified atom stereocenters. The Kier molecular flexibility index (Phi) is 1.17. The van der Waals surface area contributed by atoms with Crippen LogP contribution in [0.2, 0.25) is 0 Å². The molecule has 15 heavy (non-hydrogen) atoms. The summed E-state index contributed by atoms with van der Waals surface area (Å²) in [7, 11) is 2.36. The number of aryl methyl sites for hydroxylation is 1.